The molecule has 2 nitrogen and oxygen atoms in total. The van der Waals surface area contributed by atoms with Crippen LogP contribution in [0.3, 0.4) is 0 Å². The molecule has 0 bridgehead atoms. The lowest BCUT2D eigenvalue weighted by atomic mass is 10.1. The molecular formula is C17H20N2S2. The molecule has 1 unspecified atom stereocenters. The van der Waals surface area contributed by atoms with Crippen LogP contribution in [0.15, 0.2) is 29.2 Å². The van der Waals surface area contributed by atoms with Crippen molar-refractivity contribution in [2.45, 2.75) is 38.6 Å². The summed E-state index contributed by atoms with van der Waals surface area (Å²) in [7, 11) is 0. The van der Waals surface area contributed by atoms with Crippen molar-refractivity contribution in [3.8, 4) is 6.07 Å². The fraction of sp³-hybridized carbons (Fsp3) is 0.353. The van der Waals surface area contributed by atoms with E-state index in [9.17, 15) is 5.26 Å². The third kappa shape index (κ3) is 3.61. The molecule has 0 fully saturated rings. The molecule has 2 rings (SSSR count). The molecule has 2 aromatic rings. The van der Waals surface area contributed by atoms with Crippen LogP contribution < -0.4 is 5.32 Å². The highest BCUT2D eigenvalue weighted by Crippen LogP contribution is 2.32. The summed E-state index contributed by atoms with van der Waals surface area (Å²) in [5.74, 6) is 0.969. The molecule has 21 heavy (non-hydrogen) atoms. The molecule has 0 radical (unpaired) electrons. The normalized spacial score (nSPS) is 12.0. The molecule has 0 spiro atoms. The van der Waals surface area contributed by atoms with Gasteiger partial charge in [-0.2, -0.15) is 5.26 Å². The van der Waals surface area contributed by atoms with Gasteiger partial charge in [0.15, 0.2) is 0 Å². The summed E-state index contributed by atoms with van der Waals surface area (Å²) < 4.78 is 0. The number of aryl methyl sites for hydroxylation is 2. The average molecular weight is 316 g/mol. The van der Waals surface area contributed by atoms with Crippen LogP contribution in [0.25, 0.3) is 0 Å². The third-order valence-corrected chi connectivity index (χ3v) is 5.28. The number of rotatable bonds is 5. The van der Waals surface area contributed by atoms with Gasteiger partial charge in [-0.25, -0.2) is 0 Å². The fourth-order valence-electron chi connectivity index (χ4n) is 2.43. The number of thioether (sulfide) groups is 1. The largest absolute Gasteiger partial charge is 0.377 e. The number of benzene rings is 1. The maximum Gasteiger partial charge on any atom is 0.102 e. The van der Waals surface area contributed by atoms with Crippen LogP contribution in [-0.4, -0.2) is 5.75 Å². The fourth-order valence-corrected chi connectivity index (χ4v) is 4.24. The van der Waals surface area contributed by atoms with Gasteiger partial charge in [0.2, 0.25) is 0 Å². The van der Waals surface area contributed by atoms with Gasteiger partial charge in [0, 0.05) is 20.7 Å². The van der Waals surface area contributed by atoms with E-state index in [4.69, 9.17) is 0 Å². The minimum absolute atomic E-state index is 0.198. The first-order valence-corrected chi connectivity index (χ1v) is 8.86. The summed E-state index contributed by atoms with van der Waals surface area (Å²) in [6.45, 7) is 8.54. The number of nitrogens with zero attached hydrogens (tertiary/aromatic N) is 1. The molecule has 0 aliphatic carbocycles. The van der Waals surface area contributed by atoms with Crippen molar-refractivity contribution in [2.75, 3.05) is 11.1 Å². The van der Waals surface area contributed by atoms with Crippen LogP contribution in [0.1, 0.15) is 40.8 Å². The molecule has 0 aliphatic heterocycles. The van der Waals surface area contributed by atoms with E-state index in [1.807, 2.05) is 29.5 Å². The lowest BCUT2D eigenvalue weighted by Crippen LogP contribution is -2.08. The van der Waals surface area contributed by atoms with Crippen LogP contribution in [0.5, 0.6) is 0 Å². The first-order valence-electron chi connectivity index (χ1n) is 7.06. The third-order valence-electron chi connectivity index (χ3n) is 3.36. The van der Waals surface area contributed by atoms with Crippen molar-refractivity contribution in [3.63, 3.8) is 0 Å². The predicted octanol–water partition coefficient (Wildman–Crippen LogP) is 5.52. The van der Waals surface area contributed by atoms with Gasteiger partial charge in [0.05, 0.1) is 11.3 Å². The van der Waals surface area contributed by atoms with Gasteiger partial charge in [0.25, 0.3) is 0 Å². The zero-order valence-electron chi connectivity index (χ0n) is 12.9. The van der Waals surface area contributed by atoms with Crippen molar-refractivity contribution in [3.05, 3.63) is 45.1 Å². The first kappa shape index (κ1) is 15.9. The van der Waals surface area contributed by atoms with E-state index < -0.39 is 0 Å². The summed E-state index contributed by atoms with van der Waals surface area (Å²) in [6.07, 6.45) is 0. The molecule has 0 aliphatic rings. The first-order chi connectivity index (χ1) is 10.1. The van der Waals surface area contributed by atoms with Gasteiger partial charge in [-0.15, -0.1) is 23.1 Å². The van der Waals surface area contributed by atoms with Gasteiger partial charge >= 0.3 is 0 Å². The van der Waals surface area contributed by atoms with E-state index in [0.29, 0.717) is 0 Å². The molecule has 1 aromatic heterocycles. The number of nitriles is 1. The van der Waals surface area contributed by atoms with E-state index in [1.165, 1.54) is 15.3 Å². The topological polar surface area (TPSA) is 35.8 Å². The summed E-state index contributed by atoms with van der Waals surface area (Å²) in [4.78, 5) is 3.72. The Kier molecular flexibility index (Phi) is 5.33. The van der Waals surface area contributed by atoms with Crippen molar-refractivity contribution in [1.82, 2.24) is 0 Å². The smallest absolute Gasteiger partial charge is 0.102 e. The molecule has 1 N–H and O–H groups in total. The Balaban J connectivity index is 2.29. The second-order valence-corrected chi connectivity index (χ2v) is 7.72. The van der Waals surface area contributed by atoms with Gasteiger partial charge in [-0.3, -0.25) is 0 Å². The molecule has 4 heteroatoms. The molecule has 0 amide bonds. The van der Waals surface area contributed by atoms with Crippen molar-refractivity contribution in [2.24, 2.45) is 0 Å². The maximum absolute atomic E-state index is 9.47. The van der Waals surface area contributed by atoms with E-state index >= 15 is 0 Å². The zero-order chi connectivity index (χ0) is 15.4. The van der Waals surface area contributed by atoms with Crippen LogP contribution in [0.4, 0.5) is 5.69 Å². The maximum atomic E-state index is 9.47. The number of thiophene rings is 1. The highest BCUT2D eigenvalue weighted by Gasteiger charge is 2.14. The summed E-state index contributed by atoms with van der Waals surface area (Å²) in [5, 5.41) is 13.0. The average Bonchev–Trinajstić information content (AvgIpc) is 2.78. The molecule has 0 saturated carbocycles. The SMILES string of the molecule is CCSc1cccc(NC(C)c2cc(C)sc2C)c1C#N. The number of hydrogen-bond acceptors (Lipinski definition) is 4. The van der Waals surface area contributed by atoms with Crippen LogP contribution in [0.2, 0.25) is 0 Å². The van der Waals surface area contributed by atoms with Gasteiger partial charge in [-0.05, 0) is 50.3 Å². The van der Waals surface area contributed by atoms with E-state index in [0.717, 1.165) is 21.9 Å². The molecule has 1 aromatic carbocycles. The van der Waals surface area contributed by atoms with Crippen molar-refractivity contribution >= 4 is 28.8 Å². The summed E-state index contributed by atoms with van der Waals surface area (Å²) in [5.41, 5.74) is 2.99. The van der Waals surface area contributed by atoms with Gasteiger partial charge in [-0.1, -0.05) is 13.0 Å². The Labute approximate surface area is 135 Å². The second kappa shape index (κ2) is 7.02. The second-order valence-electron chi connectivity index (χ2n) is 4.96. The van der Waals surface area contributed by atoms with E-state index in [-0.39, 0.29) is 6.04 Å². The van der Waals surface area contributed by atoms with Gasteiger partial charge in [0.1, 0.15) is 6.07 Å². The minimum Gasteiger partial charge on any atom is -0.377 e. The zero-order valence-corrected chi connectivity index (χ0v) is 14.5. The number of anilines is 1. The van der Waals surface area contributed by atoms with Gasteiger partial charge < -0.3 is 5.32 Å². The quantitative estimate of drug-likeness (QED) is 0.738. The van der Waals surface area contributed by atoms with Crippen LogP contribution >= 0.6 is 23.1 Å². The van der Waals surface area contributed by atoms with E-state index in [1.54, 1.807) is 11.8 Å². The monoisotopic (exact) mass is 316 g/mol. The Hall–Kier alpha value is -1.44. The molecule has 110 valence electrons. The summed E-state index contributed by atoms with van der Waals surface area (Å²) >= 11 is 3.53. The Morgan fingerprint density at radius 1 is 1.38 bits per heavy atom. The minimum atomic E-state index is 0.198. The highest BCUT2D eigenvalue weighted by atomic mass is 32.2. The van der Waals surface area contributed by atoms with Crippen molar-refractivity contribution in [1.29, 1.82) is 5.26 Å². The van der Waals surface area contributed by atoms with E-state index in [2.05, 4.69) is 45.1 Å². The molecular weight excluding hydrogens is 296 g/mol. The number of hydrogen-bond donors (Lipinski definition) is 1. The lowest BCUT2D eigenvalue weighted by Gasteiger charge is -2.17. The molecule has 1 atom stereocenters. The van der Waals surface area contributed by atoms with Crippen LogP contribution in [0, 0.1) is 25.2 Å². The predicted molar refractivity (Wildman–Crippen MR) is 93.4 cm³/mol. The molecule has 1 heterocycles. The van der Waals surface area contributed by atoms with Crippen molar-refractivity contribution < 1.29 is 0 Å². The van der Waals surface area contributed by atoms with Crippen LogP contribution in [-0.2, 0) is 0 Å². The number of nitrogens with one attached hydrogen (secondary N) is 1. The summed E-state index contributed by atoms with van der Waals surface area (Å²) in [6, 6.07) is 10.8. The Morgan fingerprint density at radius 3 is 2.71 bits per heavy atom. The Morgan fingerprint density at radius 2 is 2.14 bits per heavy atom. The molecule has 0 saturated heterocycles. The highest BCUT2D eigenvalue weighted by molar-refractivity contribution is 7.99. The lowest BCUT2D eigenvalue weighted by molar-refractivity contribution is 0.879. The standard InChI is InChI=1S/C17H20N2S2/c1-5-20-17-8-6-7-16(15(17)10-18)19-12(3)14-9-11(2)21-13(14)4/h6-9,12,19H,5H2,1-4H3. The Bertz CT molecular complexity index is 668.